The molecule has 3 unspecified atom stereocenters. The Kier molecular flexibility index (Phi) is 9.78. The van der Waals surface area contributed by atoms with Gasteiger partial charge in [0.2, 0.25) is 26.0 Å². The van der Waals surface area contributed by atoms with Crippen molar-refractivity contribution >= 4 is 49.5 Å². The van der Waals surface area contributed by atoms with Crippen LogP contribution in [0.15, 0.2) is 52.3 Å². The van der Waals surface area contributed by atoms with E-state index in [4.69, 9.17) is 21.9 Å². The minimum absolute atomic E-state index is 0.132. The minimum atomic E-state index is -4.68. The average Bonchev–Trinajstić information content (AvgIpc) is 3.30. The van der Waals surface area contributed by atoms with Gasteiger partial charge in [-0.1, -0.05) is 54.8 Å². The standard InChI is InChI=1S/C28H35ClN4O9S2/c1-16(32-21(26(35)36)12-11-17-7-3-2-4-8-17)25(34)33-22-10-6-5-9-18(22)15-28(33,27(37)38)20-13-19(43(30,39)40)14-23(24(20)29)44(31,41)42/h2-4,7-8,13-14,16,18,21-22,32H,5-6,9-12,15H2,1H3,(H,35,36)(H,37,38)(H2,30,39,40)(H2,31,41,42)/t16-,18?,21-,22?,28?/m0/s1. The molecule has 1 heterocycles. The molecule has 2 aromatic rings. The molecule has 5 atom stereocenters. The van der Waals surface area contributed by atoms with E-state index in [1.165, 1.54) is 6.92 Å². The van der Waals surface area contributed by atoms with Gasteiger partial charge in [-0.2, -0.15) is 0 Å². The van der Waals surface area contributed by atoms with Gasteiger partial charge in [0, 0.05) is 11.6 Å². The zero-order chi connectivity index (χ0) is 32.6. The molecular weight excluding hydrogens is 636 g/mol. The van der Waals surface area contributed by atoms with Gasteiger partial charge in [0.1, 0.15) is 10.9 Å². The van der Waals surface area contributed by atoms with Gasteiger partial charge in [-0.05, 0) is 62.6 Å². The number of nitrogens with zero attached hydrogens (tertiary/aromatic N) is 1. The molecule has 1 saturated carbocycles. The van der Waals surface area contributed by atoms with Crippen LogP contribution in [0.4, 0.5) is 0 Å². The van der Waals surface area contributed by atoms with Crippen LogP contribution in [0.25, 0.3) is 0 Å². The largest absolute Gasteiger partial charge is 0.480 e. The van der Waals surface area contributed by atoms with Crippen LogP contribution in [-0.2, 0) is 46.4 Å². The van der Waals surface area contributed by atoms with Crippen LogP contribution in [0.2, 0.25) is 5.02 Å². The molecule has 44 heavy (non-hydrogen) atoms. The van der Waals surface area contributed by atoms with Gasteiger partial charge in [-0.15, -0.1) is 0 Å². The molecule has 240 valence electrons. The summed E-state index contributed by atoms with van der Waals surface area (Å²) in [6.07, 6.45) is 2.72. The zero-order valence-electron chi connectivity index (χ0n) is 23.8. The van der Waals surface area contributed by atoms with Crippen molar-refractivity contribution in [2.45, 2.75) is 85.3 Å². The van der Waals surface area contributed by atoms with Crippen molar-refractivity contribution in [3.63, 3.8) is 0 Å². The fourth-order valence-corrected chi connectivity index (χ4v) is 8.36. The number of nitrogens with two attached hydrogens (primary N) is 2. The Bertz CT molecular complexity index is 1670. The Balaban J connectivity index is 1.82. The summed E-state index contributed by atoms with van der Waals surface area (Å²) in [6.45, 7) is 1.42. The second kappa shape index (κ2) is 12.7. The molecule has 0 aromatic heterocycles. The predicted octanol–water partition coefficient (Wildman–Crippen LogP) is 1.77. The van der Waals surface area contributed by atoms with Crippen LogP contribution < -0.4 is 15.6 Å². The third kappa shape index (κ3) is 6.62. The van der Waals surface area contributed by atoms with Crippen molar-refractivity contribution in [2.24, 2.45) is 16.2 Å². The molecule has 2 aromatic carbocycles. The van der Waals surface area contributed by atoms with Gasteiger partial charge in [-0.25, -0.2) is 31.9 Å². The average molecular weight is 671 g/mol. The lowest BCUT2D eigenvalue weighted by Gasteiger charge is -2.41. The second-order valence-corrected chi connectivity index (χ2v) is 14.8. The molecule has 1 aliphatic carbocycles. The van der Waals surface area contributed by atoms with E-state index in [2.05, 4.69) is 5.32 Å². The number of hydrogen-bond donors (Lipinski definition) is 5. The molecule has 2 fully saturated rings. The molecule has 0 spiro atoms. The number of carbonyl (C=O) groups is 3. The van der Waals surface area contributed by atoms with E-state index < -0.39 is 81.9 Å². The molecule has 13 nitrogen and oxygen atoms in total. The first kappa shape index (κ1) is 33.8. The summed E-state index contributed by atoms with van der Waals surface area (Å²) < 4.78 is 49.7. The maximum atomic E-state index is 14.3. The summed E-state index contributed by atoms with van der Waals surface area (Å²) >= 11 is 6.51. The molecule has 1 aliphatic heterocycles. The quantitative estimate of drug-likeness (QED) is 0.233. The molecule has 4 rings (SSSR count). The zero-order valence-corrected chi connectivity index (χ0v) is 26.2. The molecule has 1 amide bonds. The lowest BCUT2D eigenvalue weighted by molar-refractivity contribution is -0.160. The highest BCUT2D eigenvalue weighted by Gasteiger charge is 2.61. The molecule has 1 saturated heterocycles. The van der Waals surface area contributed by atoms with Crippen molar-refractivity contribution < 1.29 is 41.4 Å². The Hall–Kier alpha value is -3.08. The molecule has 0 radical (unpaired) electrons. The molecule has 7 N–H and O–H groups in total. The summed E-state index contributed by atoms with van der Waals surface area (Å²) in [5.74, 6) is -3.89. The van der Waals surface area contributed by atoms with Gasteiger partial charge in [0.05, 0.1) is 16.0 Å². The van der Waals surface area contributed by atoms with Crippen LogP contribution >= 0.6 is 11.6 Å². The molecular formula is C28H35ClN4O9S2. The number of aryl methyl sites for hydroxylation is 1. The van der Waals surface area contributed by atoms with E-state index in [1.54, 1.807) is 0 Å². The van der Waals surface area contributed by atoms with Crippen LogP contribution in [0.5, 0.6) is 0 Å². The number of likely N-dealkylation sites (tertiary alicyclic amines) is 1. The Morgan fingerprint density at radius 3 is 2.25 bits per heavy atom. The second-order valence-electron chi connectivity index (χ2n) is 11.4. The summed E-state index contributed by atoms with van der Waals surface area (Å²) in [6, 6.07) is 7.68. The number of amides is 1. The number of fused-ring (bicyclic) bond motifs is 1. The molecule has 16 heteroatoms. The normalized spacial score (nSPS) is 23.5. The lowest BCUT2D eigenvalue weighted by Crippen LogP contribution is -2.59. The van der Waals surface area contributed by atoms with E-state index in [9.17, 15) is 41.4 Å². The third-order valence-corrected chi connectivity index (χ3v) is 10.9. The number of primary sulfonamides is 2. The Labute approximate surface area is 260 Å². The van der Waals surface area contributed by atoms with Crippen molar-refractivity contribution in [2.75, 3.05) is 0 Å². The van der Waals surface area contributed by atoms with E-state index in [1.807, 2.05) is 30.3 Å². The maximum absolute atomic E-state index is 14.3. The number of sulfonamides is 2. The highest BCUT2D eigenvalue weighted by atomic mass is 35.5. The van der Waals surface area contributed by atoms with Crippen LogP contribution in [0.3, 0.4) is 0 Å². The smallest absolute Gasteiger partial charge is 0.334 e. The topological polar surface area (TPSA) is 227 Å². The number of benzene rings is 2. The minimum Gasteiger partial charge on any atom is -0.480 e. The fraction of sp³-hybridized carbons (Fsp3) is 0.464. The number of rotatable bonds is 11. The van der Waals surface area contributed by atoms with Gasteiger partial charge in [0.15, 0.2) is 5.54 Å². The number of carboxylic acid groups (broad SMARTS) is 2. The lowest BCUT2D eigenvalue weighted by atomic mass is 9.80. The summed E-state index contributed by atoms with van der Waals surface area (Å²) in [5.41, 5.74) is -1.88. The Morgan fingerprint density at radius 1 is 1.05 bits per heavy atom. The van der Waals surface area contributed by atoms with E-state index in [0.717, 1.165) is 23.0 Å². The van der Waals surface area contributed by atoms with E-state index >= 15 is 0 Å². The van der Waals surface area contributed by atoms with Gasteiger partial charge >= 0.3 is 11.9 Å². The van der Waals surface area contributed by atoms with Crippen LogP contribution in [-0.4, -0.2) is 67.9 Å². The summed E-state index contributed by atoms with van der Waals surface area (Å²) in [4.78, 5) is 39.3. The first-order chi connectivity index (χ1) is 20.5. The highest BCUT2D eigenvalue weighted by Crippen LogP contribution is 2.53. The SMILES string of the molecule is C[C@H](N[C@@H](CCc1ccccc1)C(=O)O)C(=O)N1C2CCCCC2CC1(C(=O)O)c1cc(S(N)(=O)=O)cc(S(N)(=O)=O)c1Cl. The van der Waals surface area contributed by atoms with E-state index in [-0.39, 0.29) is 18.8 Å². The highest BCUT2D eigenvalue weighted by molar-refractivity contribution is 7.90. The Morgan fingerprint density at radius 2 is 1.68 bits per heavy atom. The fourth-order valence-electron chi connectivity index (χ4n) is 6.48. The number of carboxylic acids is 2. The first-order valence-corrected chi connectivity index (χ1v) is 17.4. The number of halogens is 1. The molecule has 0 bridgehead atoms. The number of nitrogens with one attached hydrogen (secondary N) is 1. The summed E-state index contributed by atoms with van der Waals surface area (Å²) in [7, 11) is -9.28. The number of hydrogen-bond acceptors (Lipinski definition) is 8. The van der Waals surface area contributed by atoms with Crippen molar-refractivity contribution in [3.05, 3.63) is 58.6 Å². The number of carbonyl (C=O) groups excluding carboxylic acids is 1. The predicted molar refractivity (Wildman–Crippen MR) is 160 cm³/mol. The molecule has 2 aliphatic rings. The van der Waals surface area contributed by atoms with Gasteiger partial charge in [0.25, 0.3) is 0 Å². The van der Waals surface area contributed by atoms with E-state index in [0.29, 0.717) is 31.7 Å². The number of aliphatic carboxylic acids is 2. The monoisotopic (exact) mass is 670 g/mol. The maximum Gasteiger partial charge on any atom is 0.334 e. The van der Waals surface area contributed by atoms with Crippen LogP contribution in [0.1, 0.15) is 56.6 Å². The van der Waals surface area contributed by atoms with Crippen molar-refractivity contribution in [1.29, 1.82) is 0 Å². The van der Waals surface area contributed by atoms with Crippen molar-refractivity contribution in [3.8, 4) is 0 Å². The third-order valence-electron chi connectivity index (χ3n) is 8.54. The van der Waals surface area contributed by atoms with Gasteiger partial charge < -0.3 is 15.1 Å². The van der Waals surface area contributed by atoms with Crippen molar-refractivity contribution in [1.82, 2.24) is 10.2 Å². The summed E-state index contributed by atoms with van der Waals surface area (Å²) in [5, 5.41) is 33.6. The van der Waals surface area contributed by atoms with Crippen LogP contribution in [0, 0.1) is 5.92 Å². The van der Waals surface area contributed by atoms with Gasteiger partial charge in [-0.3, -0.25) is 14.9 Å². The first-order valence-electron chi connectivity index (χ1n) is 14.0.